The molecule has 1 atom stereocenters. The molecule has 0 radical (unpaired) electrons. The number of benzene rings is 1. The van der Waals surface area contributed by atoms with Gasteiger partial charge in [0.05, 0.1) is 12.4 Å². The molecule has 0 aliphatic carbocycles. The summed E-state index contributed by atoms with van der Waals surface area (Å²) >= 11 is 0. The van der Waals surface area contributed by atoms with Crippen LogP contribution in [0, 0.1) is 5.82 Å². The lowest BCUT2D eigenvalue weighted by molar-refractivity contribution is 0.315. The van der Waals surface area contributed by atoms with Crippen molar-refractivity contribution in [3.63, 3.8) is 0 Å². The van der Waals surface area contributed by atoms with Crippen LogP contribution in [0.15, 0.2) is 18.2 Å². The van der Waals surface area contributed by atoms with E-state index in [2.05, 4.69) is 5.32 Å². The molecule has 0 saturated heterocycles. The van der Waals surface area contributed by atoms with Gasteiger partial charge in [-0.1, -0.05) is 19.9 Å². The van der Waals surface area contributed by atoms with Crippen molar-refractivity contribution < 1.29 is 17.5 Å². The Labute approximate surface area is 126 Å². The lowest BCUT2D eigenvalue weighted by Gasteiger charge is -2.14. The Bertz CT molecular complexity index is 546. The summed E-state index contributed by atoms with van der Waals surface area (Å²) in [4.78, 5) is 0. The molecule has 0 amide bonds. The first-order valence-electron chi connectivity index (χ1n) is 7.25. The number of hydrogen-bond donors (Lipinski definition) is 1. The van der Waals surface area contributed by atoms with Gasteiger partial charge in [0.25, 0.3) is 0 Å². The normalized spacial score (nSPS) is 13.1. The first kappa shape index (κ1) is 17.9. The maximum absolute atomic E-state index is 14.0. The van der Waals surface area contributed by atoms with E-state index in [9.17, 15) is 12.8 Å². The molecule has 0 heterocycles. The summed E-state index contributed by atoms with van der Waals surface area (Å²) in [6.45, 7) is 6.52. The van der Waals surface area contributed by atoms with E-state index >= 15 is 0 Å². The zero-order valence-electron chi connectivity index (χ0n) is 12.9. The number of sulfone groups is 1. The van der Waals surface area contributed by atoms with Gasteiger partial charge in [-0.05, 0) is 26.0 Å². The van der Waals surface area contributed by atoms with Crippen LogP contribution in [0.1, 0.15) is 38.8 Å². The van der Waals surface area contributed by atoms with E-state index in [1.807, 2.05) is 13.8 Å². The molecular formula is C15H24FNO3S. The molecule has 21 heavy (non-hydrogen) atoms. The smallest absolute Gasteiger partial charge is 0.150 e. The third kappa shape index (κ3) is 6.01. The molecule has 0 aliphatic rings. The minimum Gasteiger partial charge on any atom is -0.493 e. The molecule has 0 fully saturated rings. The van der Waals surface area contributed by atoms with Crippen LogP contribution >= 0.6 is 0 Å². The van der Waals surface area contributed by atoms with Crippen molar-refractivity contribution in [1.29, 1.82) is 0 Å². The predicted octanol–water partition coefficient (Wildman–Crippen LogP) is 2.70. The Morgan fingerprint density at radius 3 is 2.62 bits per heavy atom. The average molecular weight is 317 g/mol. The topological polar surface area (TPSA) is 55.4 Å². The summed E-state index contributed by atoms with van der Waals surface area (Å²) in [5.41, 5.74) is 0.595. The summed E-state index contributed by atoms with van der Waals surface area (Å²) in [6.07, 6.45) is 0.410. The van der Waals surface area contributed by atoms with Crippen molar-refractivity contribution in [3.8, 4) is 5.75 Å². The highest BCUT2D eigenvalue weighted by atomic mass is 32.2. The van der Waals surface area contributed by atoms with Gasteiger partial charge in [0.2, 0.25) is 0 Å². The summed E-state index contributed by atoms with van der Waals surface area (Å²) in [6, 6.07) is 4.69. The summed E-state index contributed by atoms with van der Waals surface area (Å²) in [5.74, 6) is 0.344. The molecule has 0 aliphatic heterocycles. The van der Waals surface area contributed by atoms with E-state index in [0.717, 1.165) is 6.54 Å². The Morgan fingerprint density at radius 2 is 2.05 bits per heavy atom. The molecule has 0 bridgehead atoms. The number of halogens is 1. The van der Waals surface area contributed by atoms with Crippen LogP contribution in [-0.2, 0) is 9.84 Å². The fourth-order valence-corrected chi connectivity index (χ4v) is 2.82. The van der Waals surface area contributed by atoms with Gasteiger partial charge in [-0.25, -0.2) is 12.8 Å². The van der Waals surface area contributed by atoms with Crippen LogP contribution in [-0.4, -0.2) is 33.1 Å². The molecule has 1 aromatic rings. The van der Waals surface area contributed by atoms with Gasteiger partial charge in [0, 0.05) is 23.4 Å². The zero-order chi connectivity index (χ0) is 15.9. The van der Waals surface area contributed by atoms with Gasteiger partial charge in [-0.3, -0.25) is 0 Å². The highest BCUT2D eigenvalue weighted by Gasteiger charge is 2.11. The van der Waals surface area contributed by atoms with Gasteiger partial charge in [-0.15, -0.1) is 0 Å². The molecule has 0 aromatic heterocycles. The highest BCUT2D eigenvalue weighted by Crippen LogP contribution is 2.22. The number of hydrogen-bond acceptors (Lipinski definition) is 4. The molecule has 4 nitrogen and oxygen atoms in total. The van der Waals surface area contributed by atoms with Crippen LogP contribution in [0.5, 0.6) is 5.75 Å². The molecule has 6 heteroatoms. The standard InChI is InChI=1S/C15H24FNO3S/c1-4-17-12(3)14-8-7-13(11-15(14)16)20-9-6-10-21(18,19)5-2/h7-8,11-12,17H,4-6,9-10H2,1-3H3. The van der Waals surface area contributed by atoms with Crippen LogP contribution in [0.3, 0.4) is 0 Å². The van der Waals surface area contributed by atoms with Crippen LogP contribution in [0.4, 0.5) is 4.39 Å². The fraction of sp³-hybridized carbons (Fsp3) is 0.600. The van der Waals surface area contributed by atoms with Gasteiger partial charge in [0.15, 0.2) is 0 Å². The van der Waals surface area contributed by atoms with E-state index in [4.69, 9.17) is 4.74 Å². The van der Waals surface area contributed by atoms with E-state index in [0.29, 0.717) is 17.7 Å². The Balaban J connectivity index is 2.52. The first-order valence-corrected chi connectivity index (χ1v) is 9.07. The molecule has 1 N–H and O–H groups in total. The minimum atomic E-state index is -2.97. The molecule has 1 rings (SSSR count). The number of rotatable bonds is 9. The van der Waals surface area contributed by atoms with Crippen molar-refractivity contribution in [2.75, 3.05) is 24.7 Å². The van der Waals surface area contributed by atoms with Gasteiger partial charge < -0.3 is 10.1 Å². The zero-order valence-corrected chi connectivity index (χ0v) is 13.7. The Morgan fingerprint density at radius 1 is 1.33 bits per heavy atom. The number of ether oxygens (including phenoxy) is 1. The van der Waals surface area contributed by atoms with Gasteiger partial charge in [0.1, 0.15) is 21.4 Å². The minimum absolute atomic E-state index is 0.0567. The highest BCUT2D eigenvalue weighted by molar-refractivity contribution is 7.91. The molecule has 0 saturated carbocycles. The molecule has 120 valence electrons. The van der Waals surface area contributed by atoms with E-state index in [1.165, 1.54) is 6.07 Å². The summed E-state index contributed by atoms with van der Waals surface area (Å²) in [5, 5.41) is 3.15. The number of nitrogens with one attached hydrogen (secondary N) is 1. The van der Waals surface area contributed by atoms with Crippen LogP contribution in [0.2, 0.25) is 0 Å². The Kier molecular flexibility index (Phi) is 7.11. The lowest BCUT2D eigenvalue weighted by Crippen LogP contribution is -2.18. The lowest BCUT2D eigenvalue weighted by atomic mass is 10.1. The van der Waals surface area contributed by atoms with Crippen molar-refractivity contribution >= 4 is 9.84 Å². The quantitative estimate of drug-likeness (QED) is 0.712. The monoisotopic (exact) mass is 317 g/mol. The Hall–Kier alpha value is -1.14. The third-order valence-corrected chi connectivity index (χ3v) is 5.05. The third-order valence-electron chi connectivity index (χ3n) is 3.26. The van der Waals surface area contributed by atoms with Crippen molar-refractivity contribution in [2.45, 2.75) is 33.2 Å². The fourth-order valence-electron chi connectivity index (χ4n) is 1.98. The SMILES string of the molecule is CCNC(C)c1ccc(OCCCS(=O)(=O)CC)cc1F. The van der Waals surface area contributed by atoms with E-state index < -0.39 is 9.84 Å². The van der Waals surface area contributed by atoms with Gasteiger partial charge in [-0.2, -0.15) is 0 Å². The van der Waals surface area contributed by atoms with Crippen molar-refractivity contribution in [2.24, 2.45) is 0 Å². The molecule has 0 spiro atoms. The van der Waals surface area contributed by atoms with Crippen LogP contribution < -0.4 is 10.1 Å². The summed E-state index contributed by atoms with van der Waals surface area (Å²) in [7, 11) is -2.97. The van der Waals surface area contributed by atoms with E-state index in [-0.39, 0.29) is 30.0 Å². The first-order chi connectivity index (χ1) is 9.89. The van der Waals surface area contributed by atoms with Gasteiger partial charge >= 0.3 is 0 Å². The second-order valence-corrected chi connectivity index (χ2v) is 7.37. The average Bonchev–Trinajstić information content (AvgIpc) is 2.44. The van der Waals surface area contributed by atoms with Crippen molar-refractivity contribution in [3.05, 3.63) is 29.6 Å². The maximum Gasteiger partial charge on any atom is 0.150 e. The largest absolute Gasteiger partial charge is 0.493 e. The second-order valence-electron chi connectivity index (χ2n) is 4.90. The molecule has 1 aromatic carbocycles. The van der Waals surface area contributed by atoms with Crippen LogP contribution in [0.25, 0.3) is 0 Å². The second kappa shape index (κ2) is 8.34. The van der Waals surface area contributed by atoms with Crippen molar-refractivity contribution in [1.82, 2.24) is 5.32 Å². The summed E-state index contributed by atoms with van der Waals surface area (Å²) < 4.78 is 42.0. The predicted molar refractivity (Wildman–Crippen MR) is 82.9 cm³/mol. The molecule has 1 unspecified atom stereocenters. The molecular weight excluding hydrogens is 293 g/mol. The van der Waals surface area contributed by atoms with E-state index in [1.54, 1.807) is 19.1 Å². The maximum atomic E-state index is 14.0.